The van der Waals surface area contributed by atoms with Gasteiger partial charge in [-0.1, -0.05) is 64.6 Å². The lowest BCUT2D eigenvalue weighted by Crippen LogP contribution is -2.13. The van der Waals surface area contributed by atoms with E-state index in [-0.39, 0.29) is 5.31 Å². The molecule has 0 amide bonds. The normalized spacial score (nSPS) is 15.5. The number of nitrogens with two attached hydrogens (primary N) is 1. The highest BCUT2D eigenvalue weighted by molar-refractivity contribution is 6.15. The first kappa shape index (κ1) is 15.0. The number of hydrogen-bond acceptors (Lipinski definition) is 1. The van der Waals surface area contributed by atoms with E-state index in [2.05, 4.69) is 20.8 Å². The van der Waals surface area contributed by atoms with E-state index in [1.165, 1.54) is 25.7 Å². The maximum absolute atomic E-state index is 6.38. The molecule has 2 radical (unpaired) electrons. The third-order valence-electron chi connectivity index (χ3n) is 3.29. The van der Waals surface area contributed by atoms with Gasteiger partial charge in [0.2, 0.25) is 0 Å². The van der Waals surface area contributed by atoms with Crippen LogP contribution in [0.25, 0.3) is 0 Å². The Labute approximate surface area is 97.6 Å². The summed E-state index contributed by atoms with van der Waals surface area (Å²) in [5.41, 5.74) is 5.50. The van der Waals surface area contributed by atoms with Crippen LogP contribution in [0.5, 0.6) is 0 Å². The second-order valence-corrected chi connectivity index (χ2v) is 5.25. The molecule has 88 valence electrons. The van der Waals surface area contributed by atoms with E-state index in [1.54, 1.807) is 0 Å². The number of rotatable bonds is 9. The Morgan fingerprint density at radius 1 is 1.13 bits per heavy atom. The van der Waals surface area contributed by atoms with Crippen LogP contribution >= 0.6 is 0 Å². The van der Waals surface area contributed by atoms with Gasteiger partial charge in [0.05, 0.1) is 7.85 Å². The van der Waals surface area contributed by atoms with Gasteiger partial charge in [0.25, 0.3) is 0 Å². The second-order valence-electron chi connectivity index (χ2n) is 5.25. The van der Waals surface area contributed by atoms with Crippen LogP contribution in [-0.2, 0) is 0 Å². The summed E-state index contributed by atoms with van der Waals surface area (Å²) in [6, 6.07) is 0. The molecule has 1 unspecified atom stereocenters. The van der Waals surface area contributed by atoms with Gasteiger partial charge in [-0.2, -0.15) is 0 Å². The average Bonchev–Trinajstić information content (AvgIpc) is 2.18. The lowest BCUT2D eigenvalue weighted by molar-refractivity contribution is 0.406. The van der Waals surface area contributed by atoms with E-state index in [4.69, 9.17) is 13.6 Å². The van der Waals surface area contributed by atoms with Gasteiger partial charge in [-0.15, -0.1) is 0 Å². The maximum atomic E-state index is 6.38. The summed E-state index contributed by atoms with van der Waals surface area (Å²) in [5.74, 6) is 0.801. The van der Waals surface area contributed by atoms with E-state index >= 15 is 0 Å². The maximum Gasteiger partial charge on any atom is 0.0746 e. The van der Waals surface area contributed by atoms with E-state index in [9.17, 15) is 0 Å². The summed E-state index contributed by atoms with van der Waals surface area (Å²) >= 11 is 0. The van der Waals surface area contributed by atoms with E-state index < -0.39 is 0 Å². The zero-order chi connectivity index (χ0) is 11.7. The molecule has 0 rings (SSSR count). The molecular formula is C13H28BN. The SMILES string of the molecule is [B]C(CC)(CCCCN)CCCC(C)C. The molecule has 1 nitrogen and oxygen atoms in total. The van der Waals surface area contributed by atoms with Crippen LogP contribution in [0.3, 0.4) is 0 Å². The third-order valence-corrected chi connectivity index (χ3v) is 3.29. The van der Waals surface area contributed by atoms with Crippen molar-refractivity contribution in [2.24, 2.45) is 11.7 Å². The first-order chi connectivity index (χ1) is 7.04. The highest BCUT2D eigenvalue weighted by Gasteiger charge is 2.20. The fourth-order valence-corrected chi connectivity index (χ4v) is 1.96. The zero-order valence-electron chi connectivity index (χ0n) is 10.9. The second kappa shape index (κ2) is 8.21. The average molecular weight is 209 g/mol. The van der Waals surface area contributed by atoms with Crippen LogP contribution in [-0.4, -0.2) is 14.4 Å². The smallest absolute Gasteiger partial charge is 0.0746 e. The summed E-state index contributed by atoms with van der Waals surface area (Å²) in [5, 5.41) is 0.0735. The standard InChI is InChI=1S/C13H28BN/c1-4-13(14,9-5-6-11-15)10-7-8-12(2)3/h12H,4-11,15H2,1-3H3. The van der Waals surface area contributed by atoms with Gasteiger partial charge < -0.3 is 5.73 Å². The Morgan fingerprint density at radius 2 is 1.73 bits per heavy atom. The Bertz CT molecular complexity index is 147. The first-order valence-electron chi connectivity index (χ1n) is 6.53. The summed E-state index contributed by atoms with van der Waals surface area (Å²) in [7, 11) is 6.38. The molecule has 15 heavy (non-hydrogen) atoms. The van der Waals surface area contributed by atoms with Gasteiger partial charge in [-0.25, -0.2) is 0 Å². The first-order valence-corrected chi connectivity index (χ1v) is 6.53. The van der Waals surface area contributed by atoms with Gasteiger partial charge in [0.15, 0.2) is 0 Å². The Kier molecular flexibility index (Phi) is 8.22. The predicted octanol–water partition coefficient (Wildman–Crippen LogP) is 3.68. The molecule has 0 aliphatic carbocycles. The van der Waals surface area contributed by atoms with Crippen molar-refractivity contribution in [2.75, 3.05) is 6.54 Å². The minimum absolute atomic E-state index is 0.0735. The molecule has 2 N–H and O–H groups in total. The number of unbranched alkanes of at least 4 members (excludes halogenated alkanes) is 1. The molecule has 0 saturated carbocycles. The van der Waals surface area contributed by atoms with Gasteiger partial charge in [-0.05, 0) is 18.9 Å². The molecule has 0 aromatic heterocycles. The molecule has 0 aromatic rings. The molecule has 0 aromatic carbocycles. The Morgan fingerprint density at radius 3 is 2.20 bits per heavy atom. The van der Waals surface area contributed by atoms with Crippen molar-refractivity contribution >= 4 is 7.85 Å². The molecule has 0 fully saturated rings. The predicted molar refractivity (Wildman–Crippen MR) is 70.3 cm³/mol. The van der Waals surface area contributed by atoms with Crippen molar-refractivity contribution in [3.8, 4) is 0 Å². The monoisotopic (exact) mass is 209 g/mol. The lowest BCUT2D eigenvalue weighted by atomic mass is 9.61. The molecule has 0 saturated heterocycles. The van der Waals surface area contributed by atoms with Crippen molar-refractivity contribution in [3.63, 3.8) is 0 Å². The topological polar surface area (TPSA) is 26.0 Å². The molecule has 2 heteroatoms. The quantitative estimate of drug-likeness (QED) is 0.455. The summed E-state index contributed by atoms with van der Waals surface area (Å²) < 4.78 is 0. The fraction of sp³-hybridized carbons (Fsp3) is 1.00. The molecule has 1 atom stereocenters. The van der Waals surface area contributed by atoms with Gasteiger partial charge >= 0.3 is 0 Å². The minimum Gasteiger partial charge on any atom is -0.330 e. The Balaban J connectivity index is 3.74. The van der Waals surface area contributed by atoms with Crippen molar-refractivity contribution in [3.05, 3.63) is 0 Å². The van der Waals surface area contributed by atoms with Crippen LogP contribution in [0.4, 0.5) is 0 Å². The molecular weight excluding hydrogens is 181 g/mol. The largest absolute Gasteiger partial charge is 0.330 e. The molecule has 0 aliphatic heterocycles. The van der Waals surface area contributed by atoms with Crippen LogP contribution in [0.1, 0.15) is 65.7 Å². The van der Waals surface area contributed by atoms with E-state index in [1.807, 2.05) is 0 Å². The lowest BCUT2D eigenvalue weighted by Gasteiger charge is -2.29. The molecule has 0 heterocycles. The third kappa shape index (κ3) is 7.90. The van der Waals surface area contributed by atoms with Gasteiger partial charge in [0, 0.05) is 0 Å². The van der Waals surface area contributed by atoms with Crippen LogP contribution in [0, 0.1) is 5.92 Å². The molecule has 0 spiro atoms. The highest BCUT2D eigenvalue weighted by atomic mass is 14.5. The van der Waals surface area contributed by atoms with Crippen molar-refractivity contribution in [1.29, 1.82) is 0 Å². The summed E-state index contributed by atoms with van der Waals surface area (Å²) in [6.07, 6.45) is 8.27. The van der Waals surface area contributed by atoms with Gasteiger partial charge in [-0.3, -0.25) is 0 Å². The van der Waals surface area contributed by atoms with E-state index in [0.29, 0.717) is 0 Å². The highest BCUT2D eigenvalue weighted by Crippen LogP contribution is 2.38. The number of hydrogen-bond donors (Lipinski definition) is 1. The van der Waals surface area contributed by atoms with Crippen LogP contribution in [0.15, 0.2) is 0 Å². The van der Waals surface area contributed by atoms with Crippen molar-refractivity contribution in [1.82, 2.24) is 0 Å². The molecule has 0 aliphatic rings. The van der Waals surface area contributed by atoms with Crippen molar-refractivity contribution < 1.29 is 0 Å². The zero-order valence-corrected chi connectivity index (χ0v) is 10.9. The summed E-state index contributed by atoms with van der Waals surface area (Å²) in [4.78, 5) is 0. The minimum atomic E-state index is 0.0735. The Hall–Kier alpha value is 0.0249. The van der Waals surface area contributed by atoms with Crippen molar-refractivity contribution in [2.45, 2.75) is 71.0 Å². The molecule has 0 bridgehead atoms. The fourth-order valence-electron chi connectivity index (χ4n) is 1.96. The van der Waals surface area contributed by atoms with Crippen LogP contribution < -0.4 is 5.73 Å². The van der Waals surface area contributed by atoms with Gasteiger partial charge in [0.1, 0.15) is 0 Å². The van der Waals surface area contributed by atoms with Crippen LogP contribution in [0.2, 0.25) is 5.31 Å². The summed E-state index contributed by atoms with van der Waals surface area (Å²) in [6.45, 7) is 7.56. The van der Waals surface area contributed by atoms with E-state index in [0.717, 1.165) is 31.7 Å².